The van der Waals surface area contributed by atoms with Crippen molar-refractivity contribution in [2.75, 3.05) is 13.2 Å². The normalized spacial score (nSPS) is 14.5. The Labute approximate surface area is 120 Å². The van der Waals surface area contributed by atoms with Crippen molar-refractivity contribution in [3.05, 3.63) is 35.9 Å². The van der Waals surface area contributed by atoms with Crippen molar-refractivity contribution in [3.8, 4) is 0 Å². The molecule has 1 rings (SSSR count). The van der Waals surface area contributed by atoms with Crippen LogP contribution in [0.15, 0.2) is 30.3 Å². The van der Waals surface area contributed by atoms with Crippen LogP contribution in [0.1, 0.15) is 24.9 Å². The molecule has 7 heteroatoms. The SMILES string of the molecule is CC(OCC(F)(F)F)C(=O)NC(CCO)c1ccccc1. The molecule has 0 radical (unpaired) electrons. The number of ether oxygens (including phenoxy) is 1. The summed E-state index contributed by atoms with van der Waals surface area (Å²) in [7, 11) is 0. The Hall–Kier alpha value is -1.60. The van der Waals surface area contributed by atoms with E-state index < -0.39 is 30.8 Å². The molecule has 1 amide bonds. The Morgan fingerprint density at radius 1 is 1.33 bits per heavy atom. The Kier molecular flexibility index (Phi) is 6.64. The van der Waals surface area contributed by atoms with Gasteiger partial charge in [-0.1, -0.05) is 30.3 Å². The number of hydrogen-bond donors (Lipinski definition) is 2. The number of aliphatic hydroxyl groups excluding tert-OH is 1. The van der Waals surface area contributed by atoms with Gasteiger partial charge in [0.2, 0.25) is 5.91 Å². The molecule has 0 aliphatic carbocycles. The van der Waals surface area contributed by atoms with Gasteiger partial charge in [0.25, 0.3) is 0 Å². The highest BCUT2D eigenvalue weighted by Crippen LogP contribution is 2.18. The molecular weight excluding hydrogens is 287 g/mol. The van der Waals surface area contributed by atoms with Crippen molar-refractivity contribution < 1.29 is 27.8 Å². The van der Waals surface area contributed by atoms with E-state index in [2.05, 4.69) is 10.1 Å². The van der Waals surface area contributed by atoms with Crippen LogP contribution in [0.4, 0.5) is 13.2 Å². The van der Waals surface area contributed by atoms with Gasteiger partial charge < -0.3 is 15.2 Å². The summed E-state index contributed by atoms with van der Waals surface area (Å²) in [6.45, 7) is -0.378. The average Bonchev–Trinajstić information content (AvgIpc) is 2.44. The number of carbonyl (C=O) groups excluding carboxylic acids is 1. The molecule has 0 fully saturated rings. The summed E-state index contributed by atoms with van der Waals surface area (Å²) >= 11 is 0. The lowest BCUT2D eigenvalue weighted by Gasteiger charge is -2.21. The molecule has 1 aromatic carbocycles. The first-order valence-electron chi connectivity index (χ1n) is 6.48. The maximum absolute atomic E-state index is 12.0. The van der Waals surface area contributed by atoms with Gasteiger partial charge in [-0.15, -0.1) is 0 Å². The Bertz CT molecular complexity index is 437. The topological polar surface area (TPSA) is 58.6 Å². The maximum Gasteiger partial charge on any atom is 0.411 e. The molecule has 118 valence electrons. The number of carbonyl (C=O) groups is 1. The highest BCUT2D eigenvalue weighted by Gasteiger charge is 2.30. The minimum atomic E-state index is -4.47. The van der Waals surface area contributed by atoms with E-state index in [1.807, 2.05) is 0 Å². The molecule has 0 saturated heterocycles. The van der Waals surface area contributed by atoms with Crippen LogP contribution in [0.3, 0.4) is 0 Å². The molecule has 0 aliphatic rings. The van der Waals surface area contributed by atoms with Crippen molar-refractivity contribution in [2.45, 2.75) is 31.7 Å². The van der Waals surface area contributed by atoms with Crippen LogP contribution in [0.25, 0.3) is 0 Å². The Balaban J connectivity index is 2.60. The summed E-state index contributed by atoms with van der Waals surface area (Å²) in [5, 5.41) is 11.6. The fourth-order valence-electron chi connectivity index (χ4n) is 1.72. The summed E-state index contributed by atoms with van der Waals surface area (Å²) in [6.07, 6.45) is -5.43. The number of hydrogen-bond acceptors (Lipinski definition) is 3. The molecule has 2 atom stereocenters. The van der Waals surface area contributed by atoms with E-state index in [0.717, 1.165) is 5.56 Å². The summed E-state index contributed by atoms with van der Waals surface area (Å²) in [6, 6.07) is 8.41. The zero-order chi connectivity index (χ0) is 15.9. The number of alkyl halides is 3. The van der Waals surface area contributed by atoms with Gasteiger partial charge in [0, 0.05) is 6.61 Å². The van der Waals surface area contributed by atoms with Gasteiger partial charge in [-0.2, -0.15) is 13.2 Å². The van der Waals surface area contributed by atoms with Crippen LogP contribution in [-0.2, 0) is 9.53 Å². The van der Waals surface area contributed by atoms with E-state index in [0.29, 0.717) is 0 Å². The average molecular weight is 305 g/mol. The molecule has 0 aromatic heterocycles. The number of nitrogens with one attached hydrogen (secondary N) is 1. The number of halogens is 3. The van der Waals surface area contributed by atoms with Gasteiger partial charge in [0.15, 0.2) is 0 Å². The fraction of sp³-hybridized carbons (Fsp3) is 0.500. The van der Waals surface area contributed by atoms with Crippen molar-refractivity contribution in [2.24, 2.45) is 0 Å². The summed E-state index contributed by atoms with van der Waals surface area (Å²) in [5.41, 5.74) is 0.767. The van der Waals surface area contributed by atoms with Crippen molar-refractivity contribution in [1.29, 1.82) is 0 Å². The summed E-state index contributed by atoms with van der Waals surface area (Å²) in [4.78, 5) is 11.8. The van der Waals surface area contributed by atoms with E-state index in [4.69, 9.17) is 5.11 Å². The smallest absolute Gasteiger partial charge is 0.396 e. The monoisotopic (exact) mass is 305 g/mol. The van der Waals surface area contributed by atoms with Gasteiger partial charge in [-0.05, 0) is 18.9 Å². The molecule has 0 saturated carbocycles. The van der Waals surface area contributed by atoms with Crippen LogP contribution in [0, 0.1) is 0 Å². The predicted molar refractivity (Wildman–Crippen MR) is 70.5 cm³/mol. The first-order chi connectivity index (χ1) is 9.83. The number of aliphatic hydroxyl groups is 1. The van der Waals surface area contributed by atoms with Gasteiger partial charge in [0.1, 0.15) is 12.7 Å². The van der Waals surface area contributed by atoms with Crippen LogP contribution in [-0.4, -0.2) is 36.5 Å². The van der Waals surface area contributed by atoms with Crippen molar-refractivity contribution in [1.82, 2.24) is 5.32 Å². The molecule has 0 bridgehead atoms. The highest BCUT2D eigenvalue weighted by molar-refractivity contribution is 5.80. The van der Waals surface area contributed by atoms with Gasteiger partial charge >= 0.3 is 6.18 Å². The second-order valence-electron chi connectivity index (χ2n) is 4.55. The first kappa shape index (κ1) is 17.5. The predicted octanol–water partition coefficient (Wildman–Crippen LogP) is 2.19. The largest absolute Gasteiger partial charge is 0.411 e. The van der Waals surface area contributed by atoms with E-state index in [-0.39, 0.29) is 13.0 Å². The van der Waals surface area contributed by atoms with Crippen LogP contribution >= 0.6 is 0 Å². The van der Waals surface area contributed by atoms with Crippen molar-refractivity contribution in [3.63, 3.8) is 0 Å². The van der Waals surface area contributed by atoms with Crippen LogP contribution in [0.5, 0.6) is 0 Å². The third-order valence-electron chi connectivity index (χ3n) is 2.80. The minimum absolute atomic E-state index is 0.155. The molecule has 0 heterocycles. The third-order valence-corrected chi connectivity index (χ3v) is 2.80. The molecule has 2 unspecified atom stereocenters. The molecule has 21 heavy (non-hydrogen) atoms. The lowest BCUT2D eigenvalue weighted by atomic mass is 10.0. The number of rotatable bonds is 7. The van der Waals surface area contributed by atoms with E-state index in [1.54, 1.807) is 30.3 Å². The molecule has 0 aliphatic heterocycles. The quantitative estimate of drug-likeness (QED) is 0.812. The standard InChI is InChI=1S/C14H18F3NO3/c1-10(21-9-14(15,16)17)13(20)18-12(7-8-19)11-5-3-2-4-6-11/h2-6,10,12,19H,7-9H2,1H3,(H,18,20). The zero-order valence-corrected chi connectivity index (χ0v) is 11.6. The summed E-state index contributed by atoms with van der Waals surface area (Å²) in [5.74, 6) is -0.651. The fourth-order valence-corrected chi connectivity index (χ4v) is 1.72. The highest BCUT2D eigenvalue weighted by atomic mass is 19.4. The zero-order valence-electron chi connectivity index (χ0n) is 11.6. The first-order valence-corrected chi connectivity index (χ1v) is 6.48. The van der Waals surface area contributed by atoms with Gasteiger partial charge in [-0.25, -0.2) is 0 Å². The lowest BCUT2D eigenvalue weighted by molar-refractivity contribution is -0.185. The third kappa shape index (κ3) is 6.59. The second-order valence-corrected chi connectivity index (χ2v) is 4.55. The molecule has 4 nitrogen and oxygen atoms in total. The van der Waals surface area contributed by atoms with Crippen molar-refractivity contribution >= 4 is 5.91 Å². The maximum atomic E-state index is 12.0. The van der Waals surface area contributed by atoms with Crippen LogP contribution in [0.2, 0.25) is 0 Å². The molecular formula is C14H18F3NO3. The van der Waals surface area contributed by atoms with E-state index in [1.165, 1.54) is 6.92 Å². The number of amides is 1. The molecule has 2 N–H and O–H groups in total. The summed E-state index contributed by atoms with van der Waals surface area (Å²) < 4.78 is 40.6. The van der Waals surface area contributed by atoms with Gasteiger partial charge in [-0.3, -0.25) is 4.79 Å². The van der Waals surface area contributed by atoms with E-state index >= 15 is 0 Å². The van der Waals surface area contributed by atoms with E-state index in [9.17, 15) is 18.0 Å². The van der Waals surface area contributed by atoms with Gasteiger partial charge in [0.05, 0.1) is 6.04 Å². The molecule has 0 spiro atoms. The Morgan fingerprint density at radius 3 is 2.48 bits per heavy atom. The second kappa shape index (κ2) is 7.99. The number of benzene rings is 1. The molecule has 1 aromatic rings. The minimum Gasteiger partial charge on any atom is -0.396 e. The van der Waals surface area contributed by atoms with Crippen LogP contribution < -0.4 is 5.32 Å². The lowest BCUT2D eigenvalue weighted by Crippen LogP contribution is -2.38. The Morgan fingerprint density at radius 2 is 1.95 bits per heavy atom.